The summed E-state index contributed by atoms with van der Waals surface area (Å²) in [6, 6.07) is 0.546. The zero-order valence-electron chi connectivity index (χ0n) is 9.49. The van der Waals surface area contributed by atoms with Gasteiger partial charge in [0.2, 0.25) is 0 Å². The van der Waals surface area contributed by atoms with E-state index in [1.54, 1.807) is 6.20 Å². The number of nitrogens with one attached hydrogen (secondary N) is 1. The van der Waals surface area contributed by atoms with Crippen molar-refractivity contribution in [2.24, 2.45) is 0 Å². The van der Waals surface area contributed by atoms with Gasteiger partial charge in [-0.1, -0.05) is 18.0 Å². The maximum atomic E-state index is 6.05. The van der Waals surface area contributed by atoms with Crippen LogP contribution in [0, 0.1) is 0 Å². The van der Waals surface area contributed by atoms with E-state index in [0.29, 0.717) is 11.1 Å². The molecule has 0 aliphatic carbocycles. The molecule has 1 atom stereocenters. The first-order valence-electron chi connectivity index (χ1n) is 5.67. The fraction of sp³-hybridized carbons (Fsp3) is 0.636. The lowest BCUT2D eigenvalue weighted by Gasteiger charge is -2.29. The fourth-order valence-electron chi connectivity index (χ4n) is 2.08. The summed E-state index contributed by atoms with van der Waals surface area (Å²) in [6.45, 7) is 2.06. The summed E-state index contributed by atoms with van der Waals surface area (Å²) in [7, 11) is 2.02. The largest absolute Gasteiger partial charge is 0.357 e. The second-order valence-electron chi connectivity index (χ2n) is 4.22. The molecular formula is C11H17ClN4. The summed E-state index contributed by atoms with van der Waals surface area (Å²) in [6.07, 6.45) is 6.99. The molecule has 1 saturated heterocycles. The molecule has 0 radical (unpaired) electrons. The Labute approximate surface area is 101 Å². The summed E-state index contributed by atoms with van der Waals surface area (Å²) in [5, 5.41) is 4.12. The van der Waals surface area contributed by atoms with Crippen molar-refractivity contribution in [2.75, 3.05) is 25.0 Å². The van der Waals surface area contributed by atoms with Crippen LogP contribution >= 0.6 is 11.6 Å². The summed E-state index contributed by atoms with van der Waals surface area (Å²) < 4.78 is 0. The summed E-state index contributed by atoms with van der Waals surface area (Å²) >= 11 is 6.05. The van der Waals surface area contributed by atoms with Crippen LogP contribution in [-0.4, -0.2) is 36.1 Å². The molecule has 1 aliphatic heterocycles. The van der Waals surface area contributed by atoms with Gasteiger partial charge in [0.15, 0.2) is 5.82 Å². The van der Waals surface area contributed by atoms with E-state index >= 15 is 0 Å². The molecule has 1 aromatic heterocycles. The van der Waals surface area contributed by atoms with E-state index < -0.39 is 0 Å². The number of rotatable bonds is 3. The van der Waals surface area contributed by atoms with Gasteiger partial charge in [0, 0.05) is 19.6 Å². The lowest BCUT2D eigenvalue weighted by atomic mass is 10.0. The molecule has 1 unspecified atom stereocenters. The average molecular weight is 241 g/mol. The standard InChI is InChI=1S/C11H17ClN4/c1-16(7-9-4-2-3-5-14-9)11-10(12)6-13-8-15-11/h6,8-9,14H,2-5,7H2,1H3. The Morgan fingerprint density at radius 1 is 1.56 bits per heavy atom. The highest BCUT2D eigenvalue weighted by Gasteiger charge is 2.16. The van der Waals surface area contributed by atoms with Gasteiger partial charge in [-0.25, -0.2) is 9.97 Å². The van der Waals surface area contributed by atoms with Gasteiger partial charge in [-0.05, 0) is 19.4 Å². The van der Waals surface area contributed by atoms with Crippen LogP contribution in [0.1, 0.15) is 19.3 Å². The Kier molecular flexibility index (Phi) is 3.96. The molecule has 2 rings (SSSR count). The number of halogens is 1. The van der Waals surface area contributed by atoms with E-state index in [9.17, 15) is 0 Å². The van der Waals surface area contributed by atoms with E-state index in [2.05, 4.69) is 20.2 Å². The molecule has 0 saturated carbocycles. The summed E-state index contributed by atoms with van der Waals surface area (Å²) in [5.74, 6) is 0.809. The first-order chi connectivity index (χ1) is 7.77. The maximum absolute atomic E-state index is 6.05. The van der Waals surface area contributed by atoms with E-state index in [1.807, 2.05) is 7.05 Å². The molecule has 5 heteroatoms. The molecule has 2 heterocycles. The Bertz CT molecular complexity index is 339. The van der Waals surface area contributed by atoms with E-state index in [0.717, 1.165) is 18.9 Å². The van der Waals surface area contributed by atoms with Gasteiger partial charge in [-0.2, -0.15) is 0 Å². The van der Waals surface area contributed by atoms with E-state index in [1.165, 1.54) is 25.6 Å². The predicted octanol–water partition coefficient (Wildman–Crippen LogP) is 1.71. The van der Waals surface area contributed by atoms with Gasteiger partial charge in [0.05, 0.1) is 6.20 Å². The summed E-state index contributed by atoms with van der Waals surface area (Å²) in [5.41, 5.74) is 0. The van der Waals surface area contributed by atoms with Gasteiger partial charge in [-0.15, -0.1) is 0 Å². The van der Waals surface area contributed by atoms with Crippen LogP contribution in [0.25, 0.3) is 0 Å². The molecule has 1 aliphatic rings. The quantitative estimate of drug-likeness (QED) is 0.874. The van der Waals surface area contributed by atoms with Gasteiger partial charge in [0.25, 0.3) is 0 Å². The summed E-state index contributed by atoms with van der Waals surface area (Å²) in [4.78, 5) is 10.2. The molecule has 0 aromatic carbocycles. The third-order valence-corrected chi connectivity index (χ3v) is 3.18. The van der Waals surface area contributed by atoms with Crippen LogP contribution in [0.15, 0.2) is 12.5 Å². The Morgan fingerprint density at radius 2 is 2.44 bits per heavy atom. The Balaban J connectivity index is 1.96. The minimum absolute atomic E-state index is 0.546. The highest BCUT2D eigenvalue weighted by Crippen LogP contribution is 2.20. The van der Waals surface area contributed by atoms with Crippen molar-refractivity contribution in [1.82, 2.24) is 15.3 Å². The zero-order chi connectivity index (χ0) is 11.4. The first-order valence-corrected chi connectivity index (χ1v) is 6.05. The Hall–Kier alpha value is -0.870. The predicted molar refractivity (Wildman–Crippen MR) is 66.0 cm³/mol. The highest BCUT2D eigenvalue weighted by molar-refractivity contribution is 6.32. The van der Waals surface area contributed by atoms with Crippen molar-refractivity contribution >= 4 is 17.4 Å². The van der Waals surface area contributed by atoms with Crippen molar-refractivity contribution in [3.8, 4) is 0 Å². The van der Waals surface area contributed by atoms with Crippen LogP contribution in [0.3, 0.4) is 0 Å². The molecular weight excluding hydrogens is 224 g/mol. The topological polar surface area (TPSA) is 41.0 Å². The second-order valence-corrected chi connectivity index (χ2v) is 4.63. The number of piperidine rings is 1. The molecule has 4 nitrogen and oxygen atoms in total. The first kappa shape index (κ1) is 11.6. The van der Waals surface area contributed by atoms with Gasteiger partial charge >= 0.3 is 0 Å². The number of hydrogen-bond acceptors (Lipinski definition) is 4. The third-order valence-electron chi connectivity index (χ3n) is 2.92. The second kappa shape index (κ2) is 5.46. The molecule has 1 aromatic rings. The maximum Gasteiger partial charge on any atom is 0.150 e. The van der Waals surface area contributed by atoms with Crippen LogP contribution < -0.4 is 10.2 Å². The van der Waals surface area contributed by atoms with Crippen LogP contribution in [0.2, 0.25) is 5.02 Å². The molecule has 0 spiro atoms. The van der Waals surface area contributed by atoms with Crippen LogP contribution in [0.5, 0.6) is 0 Å². The molecule has 1 fully saturated rings. The van der Waals surface area contributed by atoms with Gasteiger partial charge in [-0.3, -0.25) is 0 Å². The van der Waals surface area contributed by atoms with Crippen LogP contribution in [0.4, 0.5) is 5.82 Å². The normalized spacial score (nSPS) is 20.8. The lowest BCUT2D eigenvalue weighted by Crippen LogP contribution is -2.42. The minimum Gasteiger partial charge on any atom is -0.357 e. The van der Waals surface area contributed by atoms with Crippen LogP contribution in [-0.2, 0) is 0 Å². The van der Waals surface area contributed by atoms with Crippen molar-refractivity contribution in [3.63, 3.8) is 0 Å². The molecule has 88 valence electrons. The van der Waals surface area contributed by atoms with Gasteiger partial charge < -0.3 is 10.2 Å². The number of nitrogens with zero attached hydrogens (tertiary/aromatic N) is 3. The third kappa shape index (κ3) is 2.83. The number of aromatic nitrogens is 2. The monoisotopic (exact) mass is 240 g/mol. The highest BCUT2D eigenvalue weighted by atomic mass is 35.5. The number of anilines is 1. The lowest BCUT2D eigenvalue weighted by molar-refractivity contribution is 0.403. The number of hydrogen-bond donors (Lipinski definition) is 1. The molecule has 0 amide bonds. The molecule has 0 bridgehead atoms. The Morgan fingerprint density at radius 3 is 3.12 bits per heavy atom. The van der Waals surface area contributed by atoms with E-state index in [-0.39, 0.29) is 0 Å². The van der Waals surface area contributed by atoms with Crippen molar-refractivity contribution in [3.05, 3.63) is 17.5 Å². The van der Waals surface area contributed by atoms with Crippen molar-refractivity contribution in [2.45, 2.75) is 25.3 Å². The zero-order valence-corrected chi connectivity index (χ0v) is 10.2. The fourth-order valence-corrected chi connectivity index (χ4v) is 2.33. The average Bonchev–Trinajstić information content (AvgIpc) is 2.31. The SMILES string of the molecule is CN(CC1CCCCN1)c1ncncc1Cl. The van der Waals surface area contributed by atoms with Crippen molar-refractivity contribution < 1.29 is 0 Å². The van der Waals surface area contributed by atoms with Gasteiger partial charge in [0.1, 0.15) is 11.3 Å². The minimum atomic E-state index is 0.546. The van der Waals surface area contributed by atoms with E-state index in [4.69, 9.17) is 11.6 Å². The smallest absolute Gasteiger partial charge is 0.150 e. The molecule has 16 heavy (non-hydrogen) atoms. The van der Waals surface area contributed by atoms with Crippen molar-refractivity contribution in [1.29, 1.82) is 0 Å². The number of likely N-dealkylation sites (N-methyl/N-ethyl adjacent to an activating group) is 1. The molecule has 1 N–H and O–H groups in total.